The first-order valence-corrected chi connectivity index (χ1v) is 7.58. The van der Waals surface area contributed by atoms with Gasteiger partial charge in [0.1, 0.15) is 0 Å². The third-order valence-electron chi connectivity index (χ3n) is 4.43. The van der Waals surface area contributed by atoms with Crippen molar-refractivity contribution in [2.24, 2.45) is 5.92 Å². The van der Waals surface area contributed by atoms with E-state index >= 15 is 0 Å². The number of aliphatic carboxylic acids is 1. The summed E-state index contributed by atoms with van der Waals surface area (Å²) < 4.78 is 0. The lowest BCUT2D eigenvalue weighted by Crippen LogP contribution is -2.51. The normalized spacial score (nSPS) is 26.2. The van der Waals surface area contributed by atoms with Gasteiger partial charge in [-0.15, -0.1) is 0 Å². The van der Waals surface area contributed by atoms with Gasteiger partial charge in [-0.05, 0) is 40.5 Å². The fraction of sp³-hybridized carbons (Fsp3) is 0.867. The largest absolute Gasteiger partial charge is 0.481 e. The molecule has 1 saturated heterocycles. The average molecular weight is 284 g/mol. The first-order chi connectivity index (χ1) is 9.29. The quantitative estimate of drug-likeness (QED) is 0.808. The van der Waals surface area contributed by atoms with Crippen LogP contribution in [0.4, 0.5) is 0 Å². The van der Waals surface area contributed by atoms with E-state index in [1.165, 1.54) is 0 Å². The molecule has 0 aliphatic carbocycles. The number of carbonyl (C=O) groups excluding carboxylic acids is 1. The number of carbonyl (C=O) groups is 2. The minimum atomic E-state index is -0.855. The van der Waals surface area contributed by atoms with Gasteiger partial charge in [-0.1, -0.05) is 6.92 Å². The number of likely N-dealkylation sites (tertiary alicyclic amines) is 1. The Kier molecular flexibility index (Phi) is 5.99. The van der Waals surface area contributed by atoms with Gasteiger partial charge in [0.2, 0.25) is 5.91 Å². The number of hydrogen-bond acceptors (Lipinski definition) is 3. The van der Waals surface area contributed by atoms with Crippen molar-refractivity contribution in [1.82, 2.24) is 9.80 Å². The van der Waals surface area contributed by atoms with Crippen LogP contribution in [0.1, 0.15) is 47.5 Å². The van der Waals surface area contributed by atoms with Crippen LogP contribution in [0.3, 0.4) is 0 Å². The molecule has 1 fully saturated rings. The van der Waals surface area contributed by atoms with Crippen molar-refractivity contribution in [2.45, 2.75) is 65.6 Å². The molecule has 1 aliphatic heterocycles. The maximum absolute atomic E-state index is 12.6. The highest BCUT2D eigenvalue weighted by molar-refractivity contribution is 5.82. The fourth-order valence-electron chi connectivity index (χ4n) is 3.15. The Bertz CT molecular complexity index is 349. The fourth-order valence-corrected chi connectivity index (χ4v) is 3.15. The number of nitrogens with zero attached hydrogens (tertiary/aromatic N) is 2. The second-order valence-corrected chi connectivity index (χ2v) is 6.01. The van der Waals surface area contributed by atoms with Gasteiger partial charge in [0.05, 0.1) is 12.0 Å². The summed E-state index contributed by atoms with van der Waals surface area (Å²) in [7, 11) is 0. The molecule has 20 heavy (non-hydrogen) atoms. The highest BCUT2D eigenvalue weighted by Crippen LogP contribution is 2.26. The molecule has 5 nitrogen and oxygen atoms in total. The second-order valence-electron chi connectivity index (χ2n) is 6.01. The summed E-state index contributed by atoms with van der Waals surface area (Å²) in [5.74, 6) is -1.34. The first-order valence-electron chi connectivity index (χ1n) is 7.58. The van der Waals surface area contributed by atoms with Crippen LogP contribution in [0.2, 0.25) is 0 Å². The summed E-state index contributed by atoms with van der Waals surface area (Å²) >= 11 is 0. The van der Waals surface area contributed by atoms with E-state index < -0.39 is 11.9 Å². The molecule has 0 saturated carbocycles. The van der Waals surface area contributed by atoms with Gasteiger partial charge in [-0.25, -0.2) is 0 Å². The van der Waals surface area contributed by atoms with Crippen molar-refractivity contribution in [2.75, 3.05) is 13.1 Å². The van der Waals surface area contributed by atoms with Crippen LogP contribution in [0.5, 0.6) is 0 Å². The molecule has 1 aliphatic rings. The van der Waals surface area contributed by atoms with Crippen molar-refractivity contribution in [3.63, 3.8) is 0 Å². The lowest BCUT2D eigenvalue weighted by molar-refractivity contribution is -0.144. The van der Waals surface area contributed by atoms with E-state index in [1.807, 2.05) is 13.8 Å². The first kappa shape index (κ1) is 17.0. The van der Waals surface area contributed by atoms with E-state index in [0.717, 1.165) is 12.8 Å². The molecule has 0 aromatic carbocycles. The van der Waals surface area contributed by atoms with E-state index in [4.69, 9.17) is 5.11 Å². The van der Waals surface area contributed by atoms with Crippen molar-refractivity contribution in [1.29, 1.82) is 0 Å². The Morgan fingerprint density at radius 3 is 2.15 bits per heavy atom. The molecule has 1 heterocycles. The van der Waals surface area contributed by atoms with E-state index in [2.05, 4.69) is 18.7 Å². The topological polar surface area (TPSA) is 60.9 Å². The summed E-state index contributed by atoms with van der Waals surface area (Å²) in [5.41, 5.74) is 0. The third-order valence-corrected chi connectivity index (χ3v) is 4.43. The molecule has 116 valence electrons. The number of hydrogen-bond donors (Lipinski definition) is 1. The standard InChI is InChI=1S/C15H28N2O3/c1-6-16(9-10(2)15(19)20)14(18)13(5)17-11(3)7-8-12(17)4/h10-13H,6-9H2,1-5H3,(H,19,20). The summed E-state index contributed by atoms with van der Waals surface area (Å²) in [6.07, 6.45) is 2.24. The molecule has 0 aromatic heterocycles. The maximum Gasteiger partial charge on any atom is 0.308 e. The van der Waals surface area contributed by atoms with Crippen molar-refractivity contribution >= 4 is 11.9 Å². The molecule has 5 heteroatoms. The van der Waals surface area contributed by atoms with Gasteiger partial charge in [0.15, 0.2) is 0 Å². The van der Waals surface area contributed by atoms with Crippen LogP contribution in [0, 0.1) is 5.92 Å². The Balaban J connectivity index is 2.72. The third kappa shape index (κ3) is 3.72. The molecule has 1 N–H and O–H groups in total. The molecule has 0 radical (unpaired) electrons. The van der Waals surface area contributed by atoms with E-state index in [0.29, 0.717) is 18.6 Å². The lowest BCUT2D eigenvalue weighted by Gasteiger charge is -2.35. The maximum atomic E-state index is 12.6. The van der Waals surface area contributed by atoms with E-state index in [9.17, 15) is 9.59 Å². The smallest absolute Gasteiger partial charge is 0.308 e. The van der Waals surface area contributed by atoms with E-state index in [-0.39, 0.29) is 18.5 Å². The molecular formula is C15H28N2O3. The summed E-state index contributed by atoms with van der Waals surface area (Å²) in [4.78, 5) is 27.5. The van der Waals surface area contributed by atoms with Crippen LogP contribution < -0.4 is 0 Å². The Hall–Kier alpha value is -1.10. The highest BCUT2D eigenvalue weighted by atomic mass is 16.4. The van der Waals surface area contributed by atoms with Gasteiger partial charge in [0, 0.05) is 25.2 Å². The lowest BCUT2D eigenvalue weighted by atomic mass is 10.1. The Morgan fingerprint density at radius 1 is 1.25 bits per heavy atom. The molecule has 4 atom stereocenters. The van der Waals surface area contributed by atoms with Crippen molar-refractivity contribution < 1.29 is 14.7 Å². The average Bonchev–Trinajstić information content (AvgIpc) is 2.73. The predicted molar refractivity (Wildman–Crippen MR) is 78.5 cm³/mol. The van der Waals surface area contributed by atoms with Crippen LogP contribution >= 0.6 is 0 Å². The van der Waals surface area contributed by atoms with Crippen molar-refractivity contribution in [3.05, 3.63) is 0 Å². The van der Waals surface area contributed by atoms with Gasteiger partial charge in [0.25, 0.3) is 0 Å². The SMILES string of the molecule is CCN(CC(C)C(=O)O)C(=O)C(C)N1C(C)CCC1C. The van der Waals surface area contributed by atoms with Crippen LogP contribution in [-0.4, -0.2) is 58.0 Å². The monoisotopic (exact) mass is 284 g/mol. The van der Waals surface area contributed by atoms with Crippen LogP contribution in [0.15, 0.2) is 0 Å². The Labute approximate surface area is 121 Å². The number of rotatable bonds is 6. The van der Waals surface area contributed by atoms with Crippen LogP contribution in [0.25, 0.3) is 0 Å². The summed E-state index contributed by atoms with van der Waals surface area (Å²) in [6.45, 7) is 10.6. The number of amides is 1. The molecule has 0 aromatic rings. The van der Waals surface area contributed by atoms with Gasteiger partial charge < -0.3 is 10.0 Å². The molecule has 4 unspecified atom stereocenters. The minimum absolute atomic E-state index is 0.0428. The molecular weight excluding hydrogens is 256 g/mol. The zero-order valence-electron chi connectivity index (χ0n) is 13.3. The van der Waals surface area contributed by atoms with Gasteiger partial charge in [-0.2, -0.15) is 0 Å². The van der Waals surface area contributed by atoms with Crippen LogP contribution in [-0.2, 0) is 9.59 Å². The zero-order valence-corrected chi connectivity index (χ0v) is 13.3. The molecule has 0 bridgehead atoms. The zero-order chi connectivity index (χ0) is 15.4. The molecule has 0 spiro atoms. The van der Waals surface area contributed by atoms with Gasteiger partial charge in [-0.3, -0.25) is 14.5 Å². The summed E-state index contributed by atoms with van der Waals surface area (Å²) in [6, 6.07) is 0.655. The number of carboxylic acids is 1. The molecule has 1 rings (SSSR count). The van der Waals surface area contributed by atoms with E-state index in [1.54, 1.807) is 11.8 Å². The Morgan fingerprint density at radius 2 is 1.75 bits per heavy atom. The predicted octanol–water partition coefficient (Wildman–Crippen LogP) is 1.82. The minimum Gasteiger partial charge on any atom is -0.481 e. The molecule has 1 amide bonds. The van der Waals surface area contributed by atoms with Crippen molar-refractivity contribution in [3.8, 4) is 0 Å². The number of likely N-dealkylation sites (N-methyl/N-ethyl adjacent to an activating group) is 1. The number of carboxylic acid groups (broad SMARTS) is 1. The highest BCUT2D eigenvalue weighted by Gasteiger charge is 2.36. The second kappa shape index (κ2) is 7.07. The van der Waals surface area contributed by atoms with Gasteiger partial charge >= 0.3 is 5.97 Å². The summed E-state index contributed by atoms with van der Waals surface area (Å²) in [5, 5.41) is 8.99.